The first kappa shape index (κ1) is 33.4. The SMILES string of the molecule is CC1(C)c2ccc(-c3ccccc3)cc2-c2cc(-n3c4ccccc4c4c3ccc3c5ccccc5n(-c5ccc6c(c5)c5ccccc5n6-c5ccccc5)c34)ccc21. The zero-order valence-corrected chi connectivity index (χ0v) is 33.4. The Morgan fingerprint density at radius 1 is 0.317 bits per heavy atom. The van der Waals surface area contributed by atoms with Crippen molar-refractivity contribution in [3.63, 3.8) is 0 Å². The van der Waals surface area contributed by atoms with Crippen LogP contribution in [0.2, 0.25) is 0 Å². The first-order chi connectivity index (χ1) is 29.5. The van der Waals surface area contributed by atoms with Crippen molar-refractivity contribution < 1.29 is 0 Å². The van der Waals surface area contributed by atoms with Crippen molar-refractivity contribution in [3.8, 4) is 39.3 Å². The van der Waals surface area contributed by atoms with Gasteiger partial charge in [-0.15, -0.1) is 0 Å². The summed E-state index contributed by atoms with van der Waals surface area (Å²) in [5.41, 5.74) is 18.5. The van der Waals surface area contributed by atoms with Crippen molar-refractivity contribution in [1.82, 2.24) is 13.7 Å². The van der Waals surface area contributed by atoms with E-state index in [1.807, 2.05) is 0 Å². The number of aromatic nitrogens is 3. The molecule has 0 radical (unpaired) electrons. The molecule has 0 aliphatic heterocycles. The van der Waals surface area contributed by atoms with Crippen LogP contribution >= 0.6 is 0 Å². The second-order valence-corrected chi connectivity index (χ2v) is 16.9. The molecular formula is C57H39N3. The molecule has 13 rings (SSSR count). The van der Waals surface area contributed by atoms with E-state index in [1.165, 1.54) is 104 Å². The van der Waals surface area contributed by atoms with Gasteiger partial charge in [0.1, 0.15) is 0 Å². The van der Waals surface area contributed by atoms with Crippen LogP contribution in [0.1, 0.15) is 25.0 Å². The molecule has 0 N–H and O–H groups in total. The standard InChI is InChI=1S/C57H39N3/c1-57(2)48-29-25-37(36-15-5-3-6-16-36)33-45(48)46-34-39(26-30-49(46)57)59-52-24-14-11-21-44(52)55-54(59)32-28-43-41-19-9-13-23-51(41)60(56(43)55)40-27-31-53-47(35-40)42-20-10-12-22-50(42)58(53)38-17-7-4-8-18-38/h3-35H,1-2H3. The van der Waals surface area contributed by atoms with Crippen LogP contribution in [0.4, 0.5) is 0 Å². The Balaban J connectivity index is 1.08. The predicted molar refractivity (Wildman–Crippen MR) is 252 cm³/mol. The summed E-state index contributed by atoms with van der Waals surface area (Å²) in [4.78, 5) is 0. The first-order valence-corrected chi connectivity index (χ1v) is 20.9. The van der Waals surface area contributed by atoms with Crippen LogP contribution in [0.25, 0.3) is 105 Å². The zero-order chi connectivity index (χ0) is 39.7. The maximum atomic E-state index is 2.52. The zero-order valence-electron chi connectivity index (χ0n) is 33.4. The number of rotatable bonds is 4. The van der Waals surface area contributed by atoms with E-state index >= 15 is 0 Å². The van der Waals surface area contributed by atoms with Crippen LogP contribution in [-0.4, -0.2) is 13.7 Å². The maximum absolute atomic E-state index is 2.52. The number of para-hydroxylation sites is 4. The molecule has 12 aromatic rings. The highest BCUT2D eigenvalue weighted by atomic mass is 15.0. The van der Waals surface area contributed by atoms with Crippen molar-refractivity contribution in [2.45, 2.75) is 19.3 Å². The minimum absolute atomic E-state index is 0.0964. The lowest BCUT2D eigenvalue weighted by Crippen LogP contribution is -2.14. The number of fused-ring (bicyclic) bond motifs is 13. The van der Waals surface area contributed by atoms with Crippen molar-refractivity contribution in [2.75, 3.05) is 0 Å². The van der Waals surface area contributed by atoms with Gasteiger partial charge in [-0.25, -0.2) is 0 Å². The van der Waals surface area contributed by atoms with Crippen LogP contribution < -0.4 is 0 Å². The molecule has 0 saturated heterocycles. The van der Waals surface area contributed by atoms with Crippen molar-refractivity contribution in [1.29, 1.82) is 0 Å². The quantitative estimate of drug-likeness (QED) is 0.169. The maximum Gasteiger partial charge on any atom is 0.0641 e. The van der Waals surface area contributed by atoms with E-state index in [4.69, 9.17) is 0 Å². The van der Waals surface area contributed by atoms with Gasteiger partial charge in [-0.1, -0.05) is 141 Å². The molecule has 0 unspecified atom stereocenters. The summed E-state index contributed by atoms with van der Waals surface area (Å²) in [5, 5.41) is 7.51. The Bertz CT molecular complexity index is 3730. The Hall–Kier alpha value is -7.62. The van der Waals surface area contributed by atoms with Crippen LogP contribution in [-0.2, 0) is 5.41 Å². The molecule has 0 fully saturated rings. The molecule has 9 aromatic carbocycles. The van der Waals surface area contributed by atoms with Crippen molar-refractivity contribution in [2.24, 2.45) is 0 Å². The monoisotopic (exact) mass is 765 g/mol. The second-order valence-electron chi connectivity index (χ2n) is 16.9. The smallest absolute Gasteiger partial charge is 0.0641 e. The lowest BCUT2D eigenvalue weighted by atomic mass is 9.82. The molecule has 1 aliphatic rings. The fourth-order valence-corrected chi connectivity index (χ4v) is 10.7. The molecule has 0 atom stereocenters. The van der Waals surface area contributed by atoms with E-state index in [1.54, 1.807) is 0 Å². The van der Waals surface area contributed by atoms with Crippen molar-refractivity contribution in [3.05, 3.63) is 211 Å². The summed E-state index contributed by atoms with van der Waals surface area (Å²) >= 11 is 0. The molecule has 3 nitrogen and oxygen atoms in total. The summed E-state index contributed by atoms with van der Waals surface area (Å²) in [5.74, 6) is 0. The van der Waals surface area contributed by atoms with Gasteiger partial charge in [0.05, 0.1) is 33.1 Å². The summed E-state index contributed by atoms with van der Waals surface area (Å²) in [6, 6.07) is 74.1. The van der Waals surface area contributed by atoms with E-state index in [-0.39, 0.29) is 5.41 Å². The number of nitrogens with zero attached hydrogens (tertiary/aromatic N) is 3. The fraction of sp³-hybridized carbons (Fsp3) is 0.0526. The molecular weight excluding hydrogens is 727 g/mol. The predicted octanol–water partition coefficient (Wildman–Crippen LogP) is 15.0. The average Bonchev–Trinajstić information content (AvgIpc) is 4.00. The Morgan fingerprint density at radius 2 is 0.833 bits per heavy atom. The van der Waals surface area contributed by atoms with Gasteiger partial charge in [-0.2, -0.15) is 0 Å². The highest BCUT2D eigenvalue weighted by Gasteiger charge is 2.36. The Kier molecular flexibility index (Phi) is 6.78. The molecule has 282 valence electrons. The Labute approximate surface area is 347 Å². The van der Waals surface area contributed by atoms with Crippen LogP contribution in [0.5, 0.6) is 0 Å². The fourth-order valence-electron chi connectivity index (χ4n) is 10.7. The third-order valence-electron chi connectivity index (χ3n) is 13.4. The number of benzene rings is 9. The lowest BCUT2D eigenvalue weighted by Gasteiger charge is -2.22. The normalized spacial score (nSPS) is 13.3. The van der Waals surface area contributed by atoms with E-state index in [0.717, 1.165) is 11.4 Å². The van der Waals surface area contributed by atoms with Gasteiger partial charge in [0.25, 0.3) is 0 Å². The van der Waals surface area contributed by atoms with Gasteiger partial charge < -0.3 is 13.7 Å². The van der Waals surface area contributed by atoms with E-state index in [0.29, 0.717) is 0 Å². The van der Waals surface area contributed by atoms with Crippen LogP contribution in [0.3, 0.4) is 0 Å². The minimum atomic E-state index is -0.0964. The molecule has 3 heterocycles. The van der Waals surface area contributed by atoms with Gasteiger partial charge in [0, 0.05) is 54.8 Å². The van der Waals surface area contributed by atoms with E-state index < -0.39 is 0 Å². The van der Waals surface area contributed by atoms with Crippen LogP contribution in [0.15, 0.2) is 200 Å². The van der Waals surface area contributed by atoms with Gasteiger partial charge >= 0.3 is 0 Å². The minimum Gasteiger partial charge on any atom is -0.309 e. The number of hydrogen-bond acceptors (Lipinski definition) is 0. The van der Waals surface area contributed by atoms with E-state index in [9.17, 15) is 0 Å². The molecule has 3 aromatic heterocycles. The molecule has 0 spiro atoms. The van der Waals surface area contributed by atoms with Crippen molar-refractivity contribution >= 4 is 65.4 Å². The molecule has 0 amide bonds. The first-order valence-electron chi connectivity index (χ1n) is 20.9. The van der Waals surface area contributed by atoms with E-state index in [2.05, 4.69) is 228 Å². The molecule has 3 heteroatoms. The average molecular weight is 766 g/mol. The topological polar surface area (TPSA) is 14.8 Å². The lowest BCUT2D eigenvalue weighted by molar-refractivity contribution is 0.660. The molecule has 1 aliphatic carbocycles. The number of hydrogen-bond donors (Lipinski definition) is 0. The van der Waals surface area contributed by atoms with Gasteiger partial charge in [0.15, 0.2) is 0 Å². The van der Waals surface area contributed by atoms with Gasteiger partial charge in [0.2, 0.25) is 0 Å². The summed E-state index contributed by atoms with van der Waals surface area (Å²) in [7, 11) is 0. The summed E-state index contributed by atoms with van der Waals surface area (Å²) in [6.45, 7) is 4.73. The molecule has 0 bridgehead atoms. The van der Waals surface area contributed by atoms with Gasteiger partial charge in [-0.05, 0) is 106 Å². The summed E-state index contributed by atoms with van der Waals surface area (Å²) in [6.07, 6.45) is 0. The highest BCUT2D eigenvalue weighted by molar-refractivity contribution is 6.26. The van der Waals surface area contributed by atoms with Gasteiger partial charge in [-0.3, -0.25) is 0 Å². The third-order valence-corrected chi connectivity index (χ3v) is 13.4. The largest absolute Gasteiger partial charge is 0.309 e. The highest BCUT2D eigenvalue weighted by Crippen LogP contribution is 2.51. The molecule has 60 heavy (non-hydrogen) atoms. The second kappa shape index (κ2) is 12.2. The summed E-state index contributed by atoms with van der Waals surface area (Å²) < 4.78 is 7.41. The van der Waals surface area contributed by atoms with Crippen LogP contribution in [0, 0.1) is 0 Å². The Morgan fingerprint density at radius 3 is 1.58 bits per heavy atom. The third kappa shape index (κ3) is 4.49. The molecule has 0 saturated carbocycles.